The van der Waals surface area contributed by atoms with Crippen LogP contribution in [0, 0.1) is 0 Å². The summed E-state index contributed by atoms with van der Waals surface area (Å²) in [5, 5.41) is 5.21. The van der Waals surface area contributed by atoms with Crippen LogP contribution in [0.3, 0.4) is 0 Å². The van der Waals surface area contributed by atoms with Crippen LogP contribution in [0.15, 0.2) is 152 Å². The molecule has 0 atom stereocenters. The number of hydrogen-bond donors (Lipinski definition) is 0. The minimum absolute atomic E-state index is 0.00263. The third-order valence-corrected chi connectivity index (χ3v) is 9.03. The van der Waals surface area contributed by atoms with E-state index in [9.17, 15) is 0 Å². The fourth-order valence-corrected chi connectivity index (χ4v) is 6.84. The molecule has 42 heavy (non-hydrogen) atoms. The van der Waals surface area contributed by atoms with Gasteiger partial charge in [0.1, 0.15) is 0 Å². The molecule has 0 saturated carbocycles. The first-order valence-electron chi connectivity index (χ1n) is 14.7. The molecular formula is C41H31N. The summed E-state index contributed by atoms with van der Waals surface area (Å²) >= 11 is 0. The first-order chi connectivity index (χ1) is 20.6. The quantitative estimate of drug-likeness (QED) is 0.202. The van der Waals surface area contributed by atoms with Gasteiger partial charge in [0.2, 0.25) is 0 Å². The Hall–Kier alpha value is -5.14. The fraction of sp³-hybridized carbons (Fsp3) is 0.0732. The van der Waals surface area contributed by atoms with Crippen molar-refractivity contribution < 1.29 is 0 Å². The molecule has 0 N–H and O–H groups in total. The molecule has 1 aliphatic rings. The molecule has 1 aliphatic carbocycles. The van der Waals surface area contributed by atoms with Crippen molar-refractivity contribution in [2.24, 2.45) is 0 Å². The average Bonchev–Trinajstić information content (AvgIpc) is 3.27. The molecule has 0 fully saturated rings. The second kappa shape index (κ2) is 9.46. The maximum absolute atomic E-state index is 2.45. The van der Waals surface area contributed by atoms with Crippen molar-refractivity contribution >= 4 is 38.6 Å². The Balaban J connectivity index is 1.18. The number of anilines is 3. The van der Waals surface area contributed by atoms with Gasteiger partial charge >= 0.3 is 0 Å². The van der Waals surface area contributed by atoms with Crippen LogP contribution in [0.25, 0.3) is 43.8 Å². The van der Waals surface area contributed by atoms with Crippen LogP contribution in [-0.2, 0) is 5.41 Å². The highest BCUT2D eigenvalue weighted by Gasteiger charge is 2.35. The van der Waals surface area contributed by atoms with E-state index >= 15 is 0 Å². The van der Waals surface area contributed by atoms with Crippen molar-refractivity contribution in [2.75, 3.05) is 4.90 Å². The lowest BCUT2D eigenvalue weighted by Crippen LogP contribution is -2.14. The van der Waals surface area contributed by atoms with Crippen LogP contribution < -0.4 is 4.90 Å². The standard InChI is InChI=1S/C41H31N/c1-41(2)39-16-10-9-15-36(39)38-26-31-18-17-30-25-29(21-24-35(30)37(31)27-40(38)41)28-19-22-34(23-20-28)42(32-11-5-3-6-12-32)33-13-7-4-8-14-33/h3-27H,1-2H3. The summed E-state index contributed by atoms with van der Waals surface area (Å²) in [6, 6.07) is 55.2. The van der Waals surface area contributed by atoms with Gasteiger partial charge in [0.25, 0.3) is 0 Å². The molecule has 0 aromatic heterocycles. The van der Waals surface area contributed by atoms with E-state index < -0.39 is 0 Å². The van der Waals surface area contributed by atoms with Crippen molar-refractivity contribution in [1.29, 1.82) is 0 Å². The summed E-state index contributed by atoms with van der Waals surface area (Å²) in [4.78, 5) is 2.30. The summed E-state index contributed by atoms with van der Waals surface area (Å²) in [6.07, 6.45) is 0. The van der Waals surface area contributed by atoms with Gasteiger partial charge < -0.3 is 4.90 Å². The number of benzene rings is 7. The lowest BCUT2D eigenvalue weighted by molar-refractivity contribution is 0.661. The Bertz CT molecular complexity index is 2050. The smallest absolute Gasteiger partial charge is 0.0462 e. The summed E-state index contributed by atoms with van der Waals surface area (Å²) in [6.45, 7) is 4.71. The minimum atomic E-state index is -0.00263. The normalized spacial score (nSPS) is 13.2. The van der Waals surface area contributed by atoms with Gasteiger partial charge in [-0.1, -0.05) is 111 Å². The molecule has 0 radical (unpaired) electrons. The number of fused-ring (bicyclic) bond motifs is 6. The molecule has 200 valence electrons. The second-order valence-electron chi connectivity index (χ2n) is 11.8. The number of hydrogen-bond acceptors (Lipinski definition) is 1. The number of nitrogens with zero attached hydrogens (tertiary/aromatic N) is 1. The van der Waals surface area contributed by atoms with E-state index in [-0.39, 0.29) is 5.41 Å². The largest absolute Gasteiger partial charge is 0.311 e. The lowest BCUT2D eigenvalue weighted by atomic mass is 9.81. The van der Waals surface area contributed by atoms with E-state index in [0.29, 0.717) is 0 Å². The van der Waals surface area contributed by atoms with E-state index in [2.05, 4.69) is 170 Å². The van der Waals surface area contributed by atoms with Gasteiger partial charge in [-0.05, 0) is 110 Å². The summed E-state index contributed by atoms with van der Waals surface area (Å²) in [5.41, 5.74) is 11.5. The van der Waals surface area contributed by atoms with E-state index in [0.717, 1.165) is 17.1 Å². The van der Waals surface area contributed by atoms with Gasteiger partial charge in [0, 0.05) is 22.5 Å². The first kappa shape index (κ1) is 24.6. The zero-order valence-corrected chi connectivity index (χ0v) is 23.9. The summed E-state index contributed by atoms with van der Waals surface area (Å²) < 4.78 is 0. The lowest BCUT2D eigenvalue weighted by Gasteiger charge is -2.25. The highest BCUT2D eigenvalue weighted by atomic mass is 15.1. The van der Waals surface area contributed by atoms with Gasteiger partial charge in [-0.2, -0.15) is 0 Å². The second-order valence-corrected chi connectivity index (χ2v) is 11.8. The van der Waals surface area contributed by atoms with Crippen LogP contribution in [0.5, 0.6) is 0 Å². The maximum Gasteiger partial charge on any atom is 0.0462 e. The van der Waals surface area contributed by atoms with Crippen LogP contribution in [0.1, 0.15) is 25.0 Å². The fourth-order valence-electron chi connectivity index (χ4n) is 6.84. The molecule has 7 aromatic carbocycles. The molecule has 0 aliphatic heterocycles. The predicted molar refractivity (Wildman–Crippen MR) is 179 cm³/mol. The van der Waals surface area contributed by atoms with Crippen molar-refractivity contribution in [1.82, 2.24) is 0 Å². The molecule has 0 spiro atoms. The summed E-state index contributed by atoms with van der Waals surface area (Å²) in [5.74, 6) is 0. The zero-order chi connectivity index (χ0) is 28.3. The van der Waals surface area contributed by atoms with Crippen molar-refractivity contribution in [3.05, 3.63) is 163 Å². The predicted octanol–water partition coefficient (Wildman–Crippen LogP) is 11.4. The topological polar surface area (TPSA) is 3.24 Å². The number of para-hydroxylation sites is 2. The molecule has 0 bridgehead atoms. The molecule has 1 nitrogen and oxygen atoms in total. The van der Waals surface area contributed by atoms with Crippen molar-refractivity contribution in [2.45, 2.75) is 19.3 Å². The SMILES string of the molecule is CC1(C)c2ccccc2-c2cc3ccc4cc(-c5ccc(N(c6ccccc6)c6ccccc6)cc5)ccc4c3cc21. The third kappa shape index (κ3) is 3.85. The Morgan fingerprint density at radius 1 is 0.405 bits per heavy atom. The summed E-state index contributed by atoms with van der Waals surface area (Å²) in [7, 11) is 0. The third-order valence-electron chi connectivity index (χ3n) is 9.03. The molecule has 0 heterocycles. The molecule has 0 unspecified atom stereocenters. The Morgan fingerprint density at radius 2 is 0.976 bits per heavy atom. The average molecular weight is 538 g/mol. The van der Waals surface area contributed by atoms with Crippen LogP contribution in [0.4, 0.5) is 17.1 Å². The van der Waals surface area contributed by atoms with Crippen molar-refractivity contribution in [3.8, 4) is 22.3 Å². The molecular weight excluding hydrogens is 506 g/mol. The van der Waals surface area contributed by atoms with Gasteiger partial charge in [0.15, 0.2) is 0 Å². The molecule has 7 aromatic rings. The van der Waals surface area contributed by atoms with Crippen LogP contribution >= 0.6 is 0 Å². The highest BCUT2D eigenvalue weighted by molar-refractivity contribution is 6.10. The maximum atomic E-state index is 2.45. The van der Waals surface area contributed by atoms with Gasteiger partial charge in [0.05, 0.1) is 0 Å². The van der Waals surface area contributed by atoms with Gasteiger partial charge in [-0.25, -0.2) is 0 Å². The molecule has 0 saturated heterocycles. The van der Waals surface area contributed by atoms with E-state index in [1.165, 1.54) is 54.9 Å². The van der Waals surface area contributed by atoms with Gasteiger partial charge in [-0.15, -0.1) is 0 Å². The molecule has 8 rings (SSSR count). The monoisotopic (exact) mass is 537 g/mol. The van der Waals surface area contributed by atoms with Gasteiger partial charge in [-0.3, -0.25) is 0 Å². The number of rotatable bonds is 4. The highest BCUT2D eigenvalue weighted by Crippen LogP contribution is 2.50. The minimum Gasteiger partial charge on any atom is -0.311 e. The van der Waals surface area contributed by atoms with E-state index in [4.69, 9.17) is 0 Å². The Kier molecular flexibility index (Phi) is 5.55. The molecule has 1 heteroatoms. The van der Waals surface area contributed by atoms with Crippen LogP contribution in [-0.4, -0.2) is 0 Å². The van der Waals surface area contributed by atoms with E-state index in [1.807, 2.05) is 0 Å². The Morgan fingerprint density at radius 3 is 1.67 bits per heavy atom. The van der Waals surface area contributed by atoms with E-state index in [1.54, 1.807) is 0 Å². The molecule has 0 amide bonds. The first-order valence-corrected chi connectivity index (χ1v) is 14.7. The van der Waals surface area contributed by atoms with Crippen LogP contribution in [0.2, 0.25) is 0 Å². The zero-order valence-electron chi connectivity index (χ0n) is 23.9. The Labute approximate surface area is 247 Å². The van der Waals surface area contributed by atoms with Crippen molar-refractivity contribution in [3.63, 3.8) is 0 Å².